The van der Waals surface area contributed by atoms with E-state index in [-0.39, 0.29) is 0 Å². The van der Waals surface area contributed by atoms with Crippen molar-refractivity contribution in [3.63, 3.8) is 0 Å². The number of aromatic nitrogens is 2. The van der Waals surface area contributed by atoms with E-state index < -0.39 is 0 Å². The van der Waals surface area contributed by atoms with E-state index in [0.29, 0.717) is 57.9 Å². The highest BCUT2D eigenvalue weighted by Crippen LogP contribution is 2.38. The summed E-state index contributed by atoms with van der Waals surface area (Å²) in [6.45, 7) is 2.71. The lowest BCUT2D eigenvalue weighted by Crippen LogP contribution is -2.07. The van der Waals surface area contributed by atoms with Crippen LogP contribution < -0.4 is 14.8 Å². The van der Waals surface area contributed by atoms with Crippen molar-refractivity contribution in [3.8, 4) is 17.6 Å². The first kappa shape index (κ1) is 24.8. The fourth-order valence-electron chi connectivity index (χ4n) is 3.45. The van der Waals surface area contributed by atoms with Crippen LogP contribution in [-0.2, 0) is 6.61 Å². The summed E-state index contributed by atoms with van der Waals surface area (Å²) in [6, 6.07) is 16.9. The van der Waals surface area contributed by atoms with Gasteiger partial charge in [-0.1, -0.05) is 17.7 Å². The van der Waals surface area contributed by atoms with Gasteiger partial charge in [-0.15, -0.1) is 0 Å². The fourth-order valence-corrected chi connectivity index (χ4v) is 3.69. The average molecular weight is 501 g/mol. The van der Waals surface area contributed by atoms with E-state index >= 15 is 0 Å². The number of rotatable bonds is 9. The van der Waals surface area contributed by atoms with Crippen molar-refractivity contribution in [1.82, 2.24) is 14.9 Å². The van der Waals surface area contributed by atoms with Crippen molar-refractivity contribution >= 4 is 45.9 Å². The summed E-state index contributed by atoms with van der Waals surface area (Å²) in [6.07, 6.45) is 4.95. The second-order valence-corrected chi connectivity index (χ2v) is 8.42. The van der Waals surface area contributed by atoms with Crippen LogP contribution in [-0.4, -0.2) is 41.9 Å². The smallest absolute Gasteiger partial charge is 0.147 e. The first-order valence-electron chi connectivity index (χ1n) is 11.3. The standard InChI is InChI=1S/C27H25ClN6O2/c1-4-35-26-13-23-21(12-24(26)32-17-34(2)3)27(18(14-29)15-31-23)33-19-8-9-25(22(28)11-19)36-16-20-7-5-6-10-30-20/h5-13,15,17H,4,16H2,1-3H3,(H,31,33). The van der Waals surface area contributed by atoms with Crippen LogP contribution >= 0.6 is 11.6 Å². The lowest BCUT2D eigenvalue weighted by molar-refractivity contribution is 0.301. The van der Waals surface area contributed by atoms with Gasteiger partial charge in [-0.3, -0.25) is 9.97 Å². The number of pyridine rings is 2. The number of fused-ring (bicyclic) bond motifs is 1. The summed E-state index contributed by atoms with van der Waals surface area (Å²) >= 11 is 6.50. The summed E-state index contributed by atoms with van der Waals surface area (Å²) in [7, 11) is 3.78. The number of ether oxygens (including phenoxy) is 2. The molecule has 0 aliphatic rings. The lowest BCUT2D eigenvalue weighted by Gasteiger charge is -2.15. The minimum Gasteiger partial charge on any atom is -0.492 e. The predicted molar refractivity (Wildman–Crippen MR) is 143 cm³/mol. The number of nitriles is 1. The van der Waals surface area contributed by atoms with Crippen molar-refractivity contribution in [2.75, 3.05) is 26.0 Å². The largest absolute Gasteiger partial charge is 0.492 e. The zero-order chi connectivity index (χ0) is 25.5. The summed E-state index contributed by atoms with van der Waals surface area (Å²) in [5.74, 6) is 1.15. The van der Waals surface area contributed by atoms with Crippen LogP contribution in [0.3, 0.4) is 0 Å². The molecule has 1 N–H and O–H groups in total. The van der Waals surface area contributed by atoms with E-state index in [2.05, 4.69) is 26.3 Å². The Morgan fingerprint density at radius 2 is 1.97 bits per heavy atom. The van der Waals surface area contributed by atoms with Gasteiger partial charge in [0.05, 0.1) is 40.4 Å². The predicted octanol–water partition coefficient (Wildman–Crippen LogP) is 6.10. The Hall–Kier alpha value is -4.35. The number of halogens is 1. The Balaban J connectivity index is 1.68. The maximum Gasteiger partial charge on any atom is 0.147 e. The van der Waals surface area contributed by atoms with Crippen LogP contribution in [0, 0.1) is 11.3 Å². The molecule has 2 aromatic carbocycles. The zero-order valence-electron chi connectivity index (χ0n) is 20.2. The van der Waals surface area contributed by atoms with E-state index in [1.54, 1.807) is 24.7 Å². The normalized spacial score (nSPS) is 10.9. The van der Waals surface area contributed by atoms with E-state index in [1.807, 2.05) is 62.3 Å². The molecule has 2 aromatic heterocycles. The van der Waals surface area contributed by atoms with Crippen molar-refractivity contribution in [2.45, 2.75) is 13.5 Å². The van der Waals surface area contributed by atoms with Crippen LogP contribution in [0.1, 0.15) is 18.2 Å². The number of hydrogen-bond acceptors (Lipinski definition) is 7. The van der Waals surface area contributed by atoms with E-state index in [9.17, 15) is 5.26 Å². The second-order valence-electron chi connectivity index (χ2n) is 8.02. The Morgan fingerprint density at radius 1 is 1.11 bits per heavy atom. The monoisotopic (exact) mass is 500 g/mol. The third-order valence-electron chi connectivity index (χ3n) is 5.10. The third kappa shape index (κ3) is 5.82. The molecule has 2 heterocycles. The molecule has 0 saturated carbocycles. The molecule has 0 amide bonds. The number of aliphatic imine (C=N–C) groups is 1. The van der Waals surface area contributed by atoms with Gasteiger partial charge in [0.1, 0.15) is 29.9 Å². The van der Waals surface area contributed by atoms with Crippen molar-refractivity contribution in [2.24, 2.45) is 4.99 Å². The van der Waals surface area contributed by atoms with Gasteiger partial charge in [0.25, 0.3) is 0 Å². The van der Waals surface area contributed by atoms with E-state index in [1.165, 1.54) is 6.20 Å². The number of hydrogen-bond donors (Lipinski definition) is 1. The Kier molecular flexibility index (Phi) is 7.83. The van der Waals surface area contributed by atoms with Crippen molar-refractivity contribution in [1.29, 1.82) is 5.26 Å². The molecule has 0 atom stereocenters. The summed E-state index contributed by atoms with van der Waals surface area (Å²) in [4.78, 5) is 15.1. The number of benzene rings is 2. The van der Waals surface area contributed by atoms with Crippen molar-refractivity contribution < 1.29 is 9.47 Å². The number of nitrogens with one attached hydrogen (secondary N) is 1. The van der Waals surface area contributed by atoms with E-state index in [4.69, 9.17) is 21.1 Å². The molecule has 0 aliphatic heterocycles. The minimum absolute atomic E-state index is 0.305. The zero-order valence-corrected chi connectivity index (χ0v) is 21.0. The highest BCUT2D eigenvalue weighted by Gasteiger charge is 2.15. The van der Waals surface area contributed by atoms with Gasteiger partial charge in [0.15, 0.2) is 0 Å². The number of anilines is 2. The quantitative estimate of drug-likeness (QED) is 0.219. The summed E-state index contributed by atoms with van der Waals surface area (Å²) < 4.78 is 11.6. The average Bonchev–Trinajstić information content (AvgIpc) is 2.88. The Morgan fingerprint density at radius 3 is 2.67 bits per heavy atom. The van der Waals surface area contributed by atoms with Gasteiger partial charge >= 0.3 is 0 Å². The molecule has 0 saturated heterocycles. The van der Waals surface area contributed by atoms with Crippen LogP contribution in [0.25, 0.3) is 10.9 Å². The highest BCUT2D eigenvalue weighted by atomic mass is 35.5. The molecule has 8 nitrogen and oxygen atoms in total. The molecular weight excluding hydrogens is 476 g/mol. The van der Waals surface area contributed by atoms with Gasteiger partial charge in [-0.25, -0.2) is 4.99 Å². The van der Waals surface area contributed by atoms with Crippen molar-refractivity contribution in [3.05, 3.63) is 77.2 Å². The SMILES string of the molecule is CCOc1cc2ncc(C#N)c(Nc3ccc(OCc4ccccn4)c(Cl)c3)c2cc1N=CN(C)C. The van der Waals surface area contributed by atoms with Crippen LogP contribution in [0.4, 0.5) is 17.1 Å². The summed E-state index contributed by atoms with van der Waals surface area (Å²) in [5, 5.41) is 14.3. The van der Waals surface area contributed by atoms with Gasteiger partial charge < -0.3 is 19.7 Å². The van der Waals surface area contributed by atoms with Gasteiger partial charge in [-0.05, 0) is 43.3 Å². The molecule has 0 spiro atoms. The number of nitrogens with zero attached hydrogens (tertiary/aromatic N) is 5. The Bertz CT molecular complexity index is 1430. The highest BCUT2D eigenvalue weighted by molar-refractivity contribution is 6.32. The first-order chi connectivity index (χ1) is 17.5. The molecule has 0 fully saturated rings. The molecule has 0 radical (unpaired) electrons. The first-order valence-corrected chi connectivity index (χ1v) is 11.7. The van der Waals surface area contributed by atoms with Crippen LogP contribution in [0.15, 0.2) is 65.9 Å². The van der Waals surface area contributed by atoms with Gasteiger partial charge in [-0.2, -0.15) is 5.26 Å². The fraction of sp³-hybridized carbons (Fsp3) is 0.185. The molecule has 4 rings (SSSR count). The Labute approximate surface area is 214 Å². The summed E-state index contributed by atoms with van der Waals surface area (Å²) in [5.41, 5.74) is 3.79. The molecule has 9 heteroatoms. The topological polar surface area (TPSA) is 95.7 Å². The molecule has 36 heavy (non-hydrogen) atoms. The molecule has 0 unspecified atom stereocenters. The second kappa shape index (κ2) is 11.4. The minimum atomic E-state index is 0.305. The van der Waals surface area contributed by atoms with Gasteiger partial charge in [0, 0.05) is 43.6 Å². The van der Waals surface area contributed by atoms with Gasteiger partial charge in [0.2, 0.25) is 0 Å². The lowest BCUT2D eigenvalue weighted by atomic mass is 10.1. The third-order valence-corrected chi connectivity index (χ3v) is 5.40. The molecular formula is C27H25ClN6O2. The molecule has 4 aromatic rings. The maximum atomic E-state index is 9.77. The molecule has 0 aliphatic carbocycles. The molecule has 0 bridgehead atoms. The van der Waals surface area contributed by atoms with E-state index in [0.717, 1.165) is 11.1 Å². The molecule has 182 valence electrons. The van der Waals surface area contributed by atoms with Crippen LogP contribution in [0.5, 0.6) is 11.5 Å². The maximum absolute atomic E-state index is 9.77. The van der Waals surface area contributed by atoms with Crippen LogP contribution in [0.2, 0.25) is 5.02 Å².